The number of nitro benzene ring substituents is 1. The number of hydrogen-bond acceptors (Lipinski definition) is 6. The van der Waals surface area contributed by atoms with Crippen LogP contribution in [0.2, 0.25) is 0 Å². The molecule has 0 saturated heterocycles. The molecule has 1 aromatic heterocycles. The van der Waals surface area contributed by atoms with Crippen LogP contribution < -0.4 is 4.74 Å². The Labute approximate surface area is 135 Å². The van der Waals surface area contributed by atoms with E-state index in [9.17, 15) is 14.9 Å². The number of esters is 1. The summed E-state index contributed by atoms with van der Waals surface area (Å²) in [5, 5.41) is 11.6. The molecule has 0 atom stereocenters. The molecule has 7 heteroatoms. The molecule has 0 bridgehead atoms. The van der Waals surface area contributed by atoms with Gasteiger partial charge < -0.3 is 4.74 Å². The summed E-state index contributed by atoms with van der Waals surface area (Å²) in [6, 6.07) is 13.4. The second kappa shape index (κ2) is 6.53. The smallest absolute Gasteiger partial charge is 0.311 e. The van der Waals surface area contributed by atoms with Crippen molar-refractivity contribution in [2.24, 2.45) is 0 Å². The van der Waals surface area contributed by atoms with E-state index in [1.807, 2.05) is 24.3 Å². The number of carbonyl (C=O) groups excluding carboxylic acids is 1. The van der Waals surface area contributed by atoms with E-state index >= 15 is 0 Å². The Morgan fingerprint density at radius 2 is 2.04 bits per heavy atom. The standard InChI is InChI=1S/C16H12N2O4S/c19-16(22-12-5-3-4-11(10-12)18(20)21)9-8-15-17-13-6-1-2-7-14(13)23-15/h1-7,10H,8-9H2. The van der Waals surface area contributed by atoms with E-state index in [-0.39, 0.29) is 17.9 Å². The highest BCUT2D eigenvalue weighted by Crippen LogP contribution is 2.23. The summed E-state index contributed by atoms with van der Waals surface area (Å²) in [6.45, 7) is 0. The van der Waals surface area contributed by atoms with E-state index < -0.39 is 10.9 Å². The van der Waals surface area contributed by atoms with Crippen molar-refractivity contribution in [2.45, 2.75) is 12.8 Å². The number of benzene rings is 2. The van der Waals surface area contributed by atoms with Gasteiger partial charge >= 0.3 is 5.97 Å². The quantitative estimate of drug-likeness (QED) is 0.308. The molecule has 116 valence electrons. The van der Waals surface area contributed by atoms with E-state index in [0.29, 0.717) is 6.42 Å². The van der Waals surface area contributed by atoms with Crippen LogP contribution in [0.1, 0.15) is 11.4 Å². The number of fused-ring (bicyclic) bond motifs is 1. The Balaban J connectivity index is 1.61. The van der Waals surface area contributed by atoms with Crippen LogP contribution in [0.25, 0.3) is 10.2 Å². The lowest BCUT2D eigenvalue weighted by atomic mass is 10.3. The second-order valence-electron chi connectivity index (χ2n) is 4.80. The van der Waals surface area contributed by atoms with Crippen molar-refractivity contribution in [2.75, 3.05) is 0 Å². The van der Waals surface area contributed by atoms with Crippen LogP contribution in [0.4, 0.5) is 5.69 Å². The van der Waals surface area contributed by atoms with Gasteiger partial charge in [0, 0.05) is 12.5 Å². The summed E-state index contributed by atoms with van der Waals surface area (Å²) in [6.07, 6.45) is 0.648. The van der Waals surface area contributed by atoms with Crippen LogP contribution in [0, 0.1) is 10.1 Å². The third-order valence-corrected chi connectivity index (χ3v) is 4.24. The normalized spacial score (nSPS) is 10.6. The third kappa shape index (κ3) is 3.70. The maximum atomic E-state index is 11.9. The van der Waals surface area contributed by atoms with Gasteiger partial charge in [-0.1, -0.05) is 18.2 Å². The molecule has 0 fully saturated rings. The van der Waals surface area contributed by atoms with E-state index in [1.165, 1.54) is 24.3 Å². The minimum atomic E-state index is -0.529. The molecular weight excluding hydrogens is 316 g/mol. The first kappa shape index (κ1) is 15.1. The first-order valence-corrected chi connectivity index (χ1v) is 7.73. The lowest BCUT2D eigenvalue weighted by Crippen LogP contribution is -2.09. The van der Waals surface area contributed by atoms with Gasteiger partial charge in [0.2, 0.25) is 0 Å². The first-order chi connectivity index (χ1) is 11.1. The molecule has 2 aromatic carbocycles. The maximum absolute atomic E-state index is 11.9. The molecule has 0 aliphatic rings. The zero-order chi connectivity index (χ0) is 16.2. The van der Waals surface area contributed by atoms with Crippen LogP contribution in [0.3, 0.4) is 0 Å². The second-order valence-corrected chi connectivity index (χ2v) is 5.92. The number of ether oxygens (including phenoxy) is 1. The van der Waals surface area contributed by atoms with Gasteiger partial charge in [0.05, 0.1) is 32.6 Å². The molecule has 0 radical (unpaired) electrons. The van der Waals surface area contributed by atoms with Crippen LogP contribution in [-0.4, -0.2) is 15.9 Å². The summed E-state index contributed by atoms with van der Waals surface area (Å²) >= 11 is 1.54. The first-order valence-electron chi connectivity index (χ1n) is 6.91. The molecule has 0 spiro atoms. The number of aryl methyl sites for hydroxylation is 1. The molecule has 0 unspecified atom stereocenters. The lowest BCUT2D eigenvalue weighted by molar-refractivity contribution is -0.384. The lowest BCUT2D eigenvalue weighted by Gasteiger charge is -2.03. The van der Waals surface area contributed by atoms with E-state index in [4.69, 9.17) is 4.74 Å². The van der Waals surface area contributed by atoms with Gasteiger partial charge in [0.25, 0.3) is 5.69 Å². The van der Waals surface area contributed by atoms with Crippen molar-refractivity contribution in [3.63, 3.8) is 0 Å². The predicted molar refractivity (Wildman–Crippen MR) is 86.7 cm³/mol. The van der Waals surface area contributed by atoms with Crippen LogP contribution in [-0.2, 0) is 11.2 Å². The van der Waals surface area contributed by atoms with Gasteiger partial charge in [-0.15, -0.1) is 11.3 Å². The maximum Gasteiger partial charge on any atom is 0.311 e. The molecule has 3 rings (SSSR count). The molecular formula is C16H12N2O4S. The highest BCUT2D eigenvalue weighted by molar-refractivity contribution is 7.18. The minimum Gasteiger partial charge on any atom is -0.426 e. The molecule has 23 heavy (non-hydrogen) atoms. The van der Waals surface area contributed by atoms with Gasteiger partial charge in [0.15, 0.2) is 0 Å². The number of thiazole rings is 1. The number of nitro groups is 1. The Morgan fingerprint density at radius 1 is 1.22 bits per heavy atom. The highest BCUT2D eigenvalue weighted by Gasteiger charge is 2.11. The van der Waals surface area contributed by atoms with Gasteiger partial charge in [-0.05, 0) is 18.2 Å². The fraction of sp³-hybridized carbons (Fsp3) is 0.125. The number of para-hydroxylation sites is 1. The molecule has 6 nitrogen and oxygen atoms in total. The van der Waals surface area contributed by atoms with Gasteiger partial charge in [-0.25, -0.2) is 4.98 Å². The number of carbonyl (C=O) groups is 1. The Morgan fingerprint density at radius 3 is 2.83 bits per heavy atom. The van der Waals surface area contributed by atoms with Crippen molar-refractivity contribution >= 4 is 33.2 Å². The van der Waals surface area contributed by atoms with Gasteiger partial charge in [-0.2, -0.15) is 0 Å². The topological polar surface area (TPSA) is 82.3 Å². The Kier molecular flexibility index (Phi) is 4.29. The predicted octanol–water partition coefficient (Wildman–Crippen LogP) is 3.74. The molecule has 0 amide bonds. The van der Waals surface area contributed by atoms with Crippen LogP contribution >= 0.6 is 11.3 Å². The zero-order valence-electron chi connectivity index (χ0n) is 12.0. The average molecular weight is 328 g/mol. The molecule has 1 heterocycles. The number of hydrogen-bond donors (Lipinski definition) is 0. The monoisotopic (exact) mass is 328 g/mol. The van der Waals surface area contributed by atoms with Gasteiger partial charge in [-0.3, -0.25) is 14.9 Å². The van der Waals surface area contributed by atoms with E-state index in [2.05, 4.69) is 4.98 Å². The molecule has 0 N–H and O–H groups in total. The van der Waals surface area contributed by atoms with Crippen molar-refractivity contribution in [3.8, 4) is 5.75 Å². The molecule has 3 aromatic rings. The molecule has 0 aliphatic carbocycles. The number of nitrogens with zero attached hydrogens (tertiary/aromatic N) is 2. The van der Waals surface area contributed by atoms with E-state index in [1.54, 1.807) is 11.3 Å². The van der Waals surface area contributed by atoms with Gasteiger partial charge in [0.1, 0.15) is 5.75 Å². The number of non-ortho nitro benzene ring substituents is 1. The van der Waals surface area contributed by atoms with Crippen LogP contribution in [0.15, 0.2) is 48.5 Å². The summed E-state index contributed by atoms with van der Waals surface area (Å²) in [7, 11) is 0. The largest absolute Gasteiger partial charge is 0.426 e. The molecule has 0 saturated carbocycles. The fourth-order valence-electron chi connectivity index (χ4n) is 2.08. The Bertz CT molecular complexity index is 842. The van der Waals surface area contributed by atoms with Crippen LogP contribution in [0.5, 0.6) is 5.75 Å². The van der Waals surface area contributed by atoms with E-state index in [0.717, 1.165) is 15.2 Å². The third-order valence-electron chi connectivity index (χ3n) is 3.14. The SMILES string of the molecule is O=C(CCc1nc2ccccc2s1)Oc1cccc([N+](=O)[O-])c1. The van der Waals surface area contributed by atoms with Crippen molar-refractivity contribution < 1.29 is 14.5 Å². The summed E-state index contributed by atoms with van der Waals surface area (Å²) in [5.74, 6) is -0.266. The zero-order valence-corrected chi connectivity index (χ0v) is 12.8. The molecule has 0 aliphatic heterocycles. The minimum absolute atomic E-state index is 0.110. The van der Waals surface area contributed by atoms with Crippen molar-refractivity contribution in [3.05, 3.63) is 63.7 Å². The number of rotatable bonds is 5. The Hall–Kier alpha value is -2.80. The summed E-state index contributed by atoms with van der Waals surface area (Å²) in [5.41, 5.74) is 0.807. The van der Waals surface area contributed by atoms with Crippen molar-refractivity contribution in [1.29, 1.82) is 0 Å². The number of aromatic nitrogens is 1. The fourth-order valence-corrected chi connectivity index (χ4v) is 3.05. The highest BCUT2D eigenvalue weighted by atomic mass is 32.1. The summed E-state index contributed by atoms with van der Waals surface area (Å²) in [4.78, 5) is 26.5. The summed E-state index contributed by atoms with van der Waals surface area (Å²) < 4.78 is 6.21. The average Bonchev–Trinajstić information content (AvgIpc) is 2.96. The van der Waals surface area contributed by atoms with Crippen molar-refractivity contribution in [1.82, 2.24) is 4.98 Å².